The van der Waals surface area contributed by atoms with Crippen LogP contribution < -0.4 is 51.4 Å². The van der Waals surface area contributed by atoms with E-state index in [-0.39, 0.29) is 75.2 Å². The van der Waals surface area contributed by atoms with Crippen LogP contribution in [0.1, 0.15) is 1.43 Å². The van der Waals surface area contributed by atoms with Crippen LogP contribution in [0.5, 0.6) is 0 Å². The minimum atomic E-state index is 0. The normalized spacial score (nSPS) is 1.40. The molecule has 29 valence electrons. The van der Waals surface area contributed by atoms with Gasteiger partial charge in [0.1, 0.15) is 0 Å². The third-order valence-corrected chi connectivity index (χ3v) is 0. The molecule has 0 atom stereocenters. The Morgan fingerprint density at radius 1 is 1.80 bits per heavy atom. The third kappa shape index (κ3) is 27.4. The molecule has 0 saturated carbocycles. The number of rotatable bonds is 0. The molecule has 0 aromatic carbocycles. The van der Waals surface area contributed by atoms with Crippen LogP contribution in [0.3, 0.4) is 0 Å². The first kappa shape index (κ1) is 15.9. The molecular weight excluding hydrogens is 278 g/mol. The van der Waals surface area contributed by atoms with E-state index < -0.39 is 0 Å². The maximum Gasteiger partial charge on any atom is 1.00 e. The van der Waals surface area contributed by atoms with Gasteiger partial charge in [-0.1, -0.05) is 0 Å². The standard InChI is InChI=1S/CHNO.Au.K.H/c2-1-3;;;/h3H;;;/q;;+1;-1. The van der Waals surface area contributed by atoms with Crippen LogP contribution in [0.2, 0.25) is 0 Å². The van der Waals surface area contributed by atoms with Crippen LogP contribution in [0.15, 0.2) is 0 Å². The van der Waals surface area contributed by atoms with Crippen LogP contribution in [0.4, 0.5) is 0 Å². The molecule has 1 radical (unpaired) electrons. The van der Waals surface area contributed by atoms with Crippen LogP contribution in [0, 0.1) is 11.5 Å². The Hall–Kier alpha value is 1.67. The summed E-state index contributed by atoms with van der Waals surface area (Å²) in [7, 11) is 0. The first-order chi connectivity index (χ1) is 1.41. The Labute approximate surface area is 90.0 Å². The summed E-state index contributed by atoms with van der Waals surface area (Å²) < 4.78 is 0. The first-order valence-electron chi connectivity index (χ1n) is 0.447. The Morgan fingerprint density at radius 2 is 1.80 bits per heavy atom. The van der Waals surface area contributed by atoms with Gasteiger partial charge in [-0.25, -0.2) is 0 Å². The van der Waals surface area contributed by atoms with Crippen molar-refractivity contribution in [2.24, 2.45) is 0 Å². The average Bonchev–Trinajstić information content (AvgIpc) is 0.918. The average molecular weight is 280 g/mol. The summed E-state index contributed by atoms with van der Waals surface area (Å²) in [6.07, 6.45) is 0.750. The maximum absolute atomic E-state index is 6.88. The van der Waals surface area contributed by atoms with Crippen molar-refractivity contribution in [1.82, 2.24) is 0 Å². The van der Waals surface area contributed by atoms with Crippen molar-refractivity contribution >= 4 is 0 Å². The molecule has 4 heteroatoms. The zero-order valence-corrected chi connectivity index (χ0v) is 7.99. The van der Waals surface area contributed by atoms with Crippen LogP contribution in [0.25, 0.3) is 0 Å². The van der Waals surface area contributed by atoms with E-state index in [1.165, 1.54) is 0 Å². The van der Waals surface area contributed by atoms with Gasteiger partial charge in [0.2, 0.25) is 0 Å². The van der Waals surface area contributed by atoms with E-state index in [2.05, 4.69) is 0 Å². The smallest absolute Gasteiger partial charge is 1.00 e. The minimum Gasteiger partial charge on any atom is -1.00 e. The summed E-state index contributed by atoms with van der Waals surface area (Å²) in [4.78, 5) is 0. The molecule has 0 bridgehead atoms. The molecule has 0 aliphatic carbocycles. The number of nitrogens with zero attached hydrogens (tertiary/aromatic N) is 1. The van der Waals surface area contributed by atoms with E-state index in [1.807, 2.05) is 0 Å². The number of aliphatic hydroxyl groups is 1. The van der Waals surface area contributed by atoms with E-state index in [0.29, 0.717) is 0 Å². The Bertz CT molecular complexity index is 37.0. The molecule has 0 aliphatic heterocycles. The molecule has 2 nitrogen and oxygen atoms in total. The fraction of sp³-hybridized carbons (Fsp3) is 0. The van der Waals surface area contributed by atoms with Gasteiger partial charge in [-0.05, 0) is 0 Å². The zero-order valence-electron chi connectivity index (χ0n) is 3.70. The number of nitriles is 1. The molecular formula is CH2AuKNO. The second-order valence-corrected chi connectivity index (χ2v) is 0.100. The van der Waals surface area contributed by atoms with Gasteiger partial charge in [0.15, 0.2) is 0 Å². The van der Waals surface area contributed by atoms with Crippen LogP contribution >= 0.6 is 0 Å². The van der Waals surface area contributed by atoms with E-state index in [4.69, 9.17) is 10.4 Å². The molecule has 0 aromatic rings. The van der Waals surface area contributed by atoms with Crippen molar-refractivity contribution in [3.8, 4) is 6.26 Å². The zero-order chi connectivity index (χ0) is 2.71. The van der Waals surface area contributed by atoms with Gasteiger partial charge in [-0.3, -0.25) is 0 Å². The maximum atomic E-state index is 6.88. The van der Waals surface area contributed by atoms with Gasteiger partial charge in [0.25, 0.3) is 6.26 Å². The molecule has 0 spiro atoms. The third-order valence-electron chi connectivity index (χ3n) is 0. The SMILES string of the molecule is N#CO.[Au].[H-].[K+]. The molecule has 0 unspecified atom stereocenters. The molecule has 0 fully saturated rings. The molecule has 1 N–H and O–H groups in total. The van der Waals surface area contributed by atoms with Gasteiger partial charge >= 0.3 is 51.4 Å². The summed E-state index contributed by atoms with van der Waals surface area (Å²) in [6.45, 7) is 0. The largest absolute Gasteiger partial charge is 1.00 e. The van der Waals surface area contributed by atoms with Gasteiger partial charge in [0.05, 0.1) is 0 Å². The number of hydrogen-bond donors (Lipinski definition) is 1. The molecule has 0 heterocycles. The summed E-state index contributed by atoms with van der Waals surface area (Å²) >= 11 is 0. The number of hydrogen-bond acceptors (Lipinski definition) is 2. The van der Waals surface area contributed by atoms with E-state index in [0.717, 1.165) is 6.26 Å². The fourth-order valence-electron chi connectivity index (χ4n) is 0. The van der Waals surface area contributed by atoms with Gasteiger partial charge in [-0.2, -0.15) is 5.26 Å². The quantitative estimate of drug-likeness (QED) is 0.378. The Balaban J connectivity index is -0.00000000667. The molecule has 0 amide bonds. The fourth-order valence-corrected chi connectivity index (χ4v) is 0. The summed E-state index contributed by atoms with van der Waals surface area (Å²) in [5, 5.41) is 13.8. The minimum absolute atomic E-state index is 0. The predicted octanol–water partition coefficient (Wildman–Crippen LogP) is -3.05. The van der Waals surface area contributed by atoms with E-state index in [9.17, 15) is 0 Å². The Kier molecular flexibility index (Phi) is 55.3. The van der Waals surface area contributed by atoms with Crippen molar-refractivity contribution < 1.29 is 80.3 Å². The molecule has 0 rings (SSSR count). The molecule has 5 heavy (non-hydrogen) atoms. The second-order valence-electron chi connectivity index (χ2n) is 0.100. The molecule has 0 aromatic heterocycles. The Morgan fingerprint density at radius 3 is 1.80 bits per heavy atom. The summed E-state index contributed by atoms with van der Waals surface area (Å²) in [5.41, 5.74) is 0. The predicted molar refractivity (Wildman–Crippen MR) is 8.66 cm³/mol. The van der Waals surface area contributed by atoms with Crippen molar-refractivity contribution in [2.75, 3.05) is 0 Å². The number of aliphatic hydroxyl groups excluding tert-OH is 1. The van der Waals surface area contributed by atoms with Crippen molar-refractivity contribution in [1.29, 1.82) is 5.26 Å². The van der Waals surface area contributed by atoms with Gasteiger partial charge < -0.3 is 6.53 Å². The van der Waals surface area contributed by atoms with Crippen molar-refractivity contribution in [3.63, 3.8) is 0 Å². The van der Waals surface area contributed by atoms with E-state index in [1.54, 1.807) is 0 Å². The van der Waals surface area contributed by atoms with Crippen LogP contribution in [-0.2, 0) is 22.4 Å². The summed E-state index contributed by atoms with van der Waals surface area (Å²) in [5.74, 6) is 0. The molecule has 0 aliphatic rings. The van der Waals surface area contributed by atoms with Crippen LogP contribution in [-0.4, -0.2) is 5.11 Å². The summed E-state index contributed by atoms with van der Waals surface area (Å²) in [6, 6.07) is 0. The first-order valence-corrected chi connectivity index (χ1v) is 0.447. The van der Waals surface area contributed by atoms with E-state index >= 15 is 0 Å². The van der Waals surface area contributed by atoms with Crippen molar-refractivity contribution in [3.05, 3.63) is 0 Å². The molecule has 0 saturated heterocycles. The monoisotopic (exact) mass is 280 g/mol. The van der Waals surface area contributed by atoms with Gasteiger partial charge in [0, 0.05) is 22.4 Å². The second kappa shape index (κ2) is 17.4. The topological polar surface area (TPSA) is 44.0 Å². The van der Waals surface area contributed by atoms with Gasteiger partial charge in [-0.15, -0.1) is 0 Å². The van der Waals surface area contributed by atoms with Crippen molar-refractivity contribution in [2.45, 2.75) is 0 Å².